The number of aromatic nitrogens is 1. The Balaban J connectivity index is 1.30. The zero-order valence-corrected chi connectivity index (χ0v) is 13.8. The number of aromatic amines is 1. The minimum Gasteiger partial charge on any atom is -0.361 e. The summed E-state index contributed by atoms with van der Waals surface area (Å²) in [6, 6.07) is 8.56. The number of carbonyl (C=O) groups is 2. The summed E-state index contributed by atoms with van der Waals surface area (Å²) in [7, 11) is 0. The molecule has 2 saturated heterocycles. The van der Waals surface area contributed by atoms with Gasteiger partial charge in [0.2, 0.25) is 11.8 Å². The molecule has 1 aromatic heterocycles. The van der Waals surface area contributed by atoms with Crippen molar-refractivity contribution in [3.63, 3.8) is 0 Å². The van der Waals surface area contributed by atoms with Crippen LogP contribution in [0.1, 0.15) is 31.2 Å². The molecule has 2 amide bonds. The molecular weight excluding hydrogens is 302 g/mol. The monoisotopic (exact) mass is 325 g/mol. The van der Waals surface area contributed by atoms with Gasteiger partial charge in [0.1, 0.15) is 0 Å². The SMILES string of the molecule is O=C1C[C@@H]2CN(C(=O)CCCc3c[nH]c4ccccc34)CC[C@@H]2N1. The molecule has 3 heterocycles. The van der Waals surface area contributed by atoms with E-state index in [0.29, 0.717) is 18.8 Å². The number of piperidine rings is 1. The van der Waals surface area contributed by atoms with Crippen molar-refractivity contribution >= 4 is 22.7 Å². The van der Waals surface area contributed by atoms with Gasteiger partial charge in [-0.3, -0.25) is 9.59 Å². The van der Waals surface area contributed by atoms with E-state index in [1.807, 2.05) is 17.0 Å². The van der Waals surface area contributed by atoms with Crippen molar-refractivity contribution in [3.8, 4) is 0 Å². The number of likely N-dealkylation sites (tertiary alicyclic amines) is 1. The standard InChI is InChI=1S/C19H23N3O2/c23-18-10-14-12-22(9-8-16(14)21-18)19(24)7-3-4-13-11-20-17-6-2-1-5-15(13)17/h1-2,5-6,11,14,16,20H,3-4,7-10,12H2,(H,21,23)/t14-,16+/m1/s1. The predicted octanol–water partition coefficient (Wildman–Crippen LogP) is 2.23. The van der Waals surface area contributed by atoms with Crippen molar-refractivity contribution in [1.29, 1.82) is 0 Å². The molecule has 5 heteroatoms. The average Bonchev–Trinajstić information content (AvgIpc) is 3.16. The van der Waals surface area contributed by atoms with Crippen LogP contribution in [0.2, 0.25) is 0 Å². The number of nitrogens with zero attached hydrogens (tertiary/aromatic N) is 1. The second-order valence-corrected chi connectivity index (χ2v) is 6.98. The molecule has 2 aliphatic heterocycles. The summed E-state index contributed by atoms with van der Waals surface area (Å²) in [6.45, 7) is 1.50. The van der Waals surface area contributed by atoms with Crippen LogP contribution in [0.25, 0.3) is 10.9 Å². The fourth-order valence-corrected chi connectivity index (χ4v) is 4.09. The summed E-state index contributed by atoms with van der Waals surface area (Å²) in [5, 5.41) is 4.26. The summed E-state index contributed by atoms with van der Waals surface area (Å²) in [5.74, 6) is 0.676. The van der Waals surface area contributed by atoms with Crippen LogP contribution in [0, 0.1) is 5.92 Å². The quantitative estimate of drug-likeness (QED) is 0.905. The first kappa shape index (κ1) is 15.2. The molecule has 24 heavy (non-hydrogen) atoms. The molecule has 1 aromatic carbocycles. The second-order valence-electron chi connectivity index (χ2n) is 6.98. The number of carbonyl (C=O) groups excluding carboxylic acids is 2. The lowest BCUT2D eigenvalue weighted by atomic mass is 9.93. The summed E-state index contributed by atoms with van der Waals surface area (Å²) in [5.41, 5.74) is 2.43. The Morgan fingerprint density at radius 1 is 1.29 bits per heavy atom. The number of nitrogens with one attached hydrogen (secondary N) is 2. The molecule has 5 nitrogen and oxygen atoms in total. The lowest BCUT2D eigenvalue weighted by molar-refractivity contribution is -0.133. The van der Waals surface area contributed by atoms with E-state index in [1.54, 1.807) is 0 Å². The summed E-state index contributed by atoms with van der Waals surface area (Å²) >= 11 is 0. The maximum atomic E-state index is 12.5. The average molecular weight is 325 g/mol. The molecule has 0 bridgehead atoms. The van der Waals surface area contributed by atoms with Crippen molar-refractivity contribution in [2.75, 3.05) is 13.1 Å². The van der Waals surface area contributed by atoms with Gasteiger partial charge in [0.25, 0.3) is 0 Å². The number of rotatable bonds is 4. The van der Waals surface area contributed by atoms with Crippen LogP contribution in [-0.4, -0.2) is 40.8 Å². The van der Waals surface area contributed by atoms with Gasteiger partial charge in [-0.1, -0.05) is 18.2 Å². The number of para-hydroxylation sites is 1. The first-order valence-electron chi connectivity index (χ1n) is 8.83. The molecule has 0 spiro atoms. The highest BCUT2D eigenvalue weighted by Gasteiger charge is 2.37. The summed E-state index contributed by atoms with van der Waals surface area (Å²) < 4.78 is 0. The maximum Gasteiger partial charge on any atom is 0.222 e. The van der Waals surface area contributed by atoms with Crippen LogP contribution in [-0.2, 0) is 16.0 Å². The molecule has 0 radical (unpaired) electrons. The third kappa shape index (κ3) is 2.90. The summed E-state index contributed by atoms with van der Waals surface area (Å²) in [6.07, 6.45) is 5.88. The van der Waals surface area contributed by atoms with E-state index >= 15 is 0 Å². The van der Waals surface area contributed by atoms with Gasteiger partial charge < -0.3 is 15.2 Å². The fourth-order valence-electron chi connectivity index (χ4n) is 4.09. The van der Waals surface area contributed by atoms with Crippen LogP contribution in [0.4, 0.5) is 0 Å². The zero-order valence-electron chi connectivity index (χ0n) is 13.8. The topological polar surface area (TPSA) is 65.2 Å². The van der Waals surface area contributed by atoms with Crippen molar-refractivity contribution in [1.82, 2.24) is 15.2 Å². The van der Waals surface area contributed by atoms with Crippen LogP contribution in [0.3, 0.4) is 0 Å². The molecule has 126 valence electrons. The Hall–Kier alpha value is -2.30. The van der Waals surface area contributed by atoms with Crippen LogP contribution < -0.4 is 5.32 Å². The second kappa shape index (κ2) is 6.30. The number of H-pyrrole nitrogens is 1. The molecule has 0 aliphatic carbocycles. The van der Waals surface area contributed by atoms with Gasteiger partial charge in [0.05, 0.1) is 0 Å². The van der Waals surface area contributed by atoms with Crippen molar-refractivity contribution in [2.45, 2.75) is 38.1 Å². The number of amides is 2. The Bertz CT molecular complexity index is 767. The minimum absolute atomic E-state index is 0.138. The van der Waals surface area contributed by atoms with Gasteiger partial charge in [0.15, 0.2) is 0 Å². The molecule has 4 rings (SSSR count). The van der Waals surface area contributed by atoms with Gasteiger partial charge in [-0.2, -0.15) is 0 Å². The van der Waals surface area contributed by atoms with E-state index in [9.17, 15) is 9.59 Å². The predicted molar refractivity (Wildman–Crippen MR) is 92.5 cm³/mol. The first-order valence-corrected chi connectivity index (χ1v) is 8.83. The Morgan fingerprint density at radius 2 is 2.17 bits per heavy atom. The van der Waals surface area contributed by atoms with Gasteiger partial charge in [-0.25, -0.2) is 0 Å². The maximum absolute atomic E-state index is 12.5. The normalized spacial score (nSPS) is 23.3. The molecule has 0 unspecified atom stereocenters. The van der Waals surface area contributed by atoms with Crippen LogP contribution in [0.15, 0.2) is 30.5 Å². The van der Waals surface area contributed by atoms with E-state index in [-0.39, 0.29) is 17.9 Å². The number of benzene rings is 1. The Kier molecular flexibility index (Phi) is 4.00. The van der Waals surface area contributed by atoms with Gasteiger partial charge in [0, 0.05) is 55.0 Å². The van der Waals surface area contributed by atoms with E-state index in [2.05, 4.69) is 28.6 Å². The van der Waals surface area contributed by atoms with E-state index in [4.69, 9.17) is 0 Å². The fraction of sp³-hybridized carbons (Fsp3) is 0.474. The minimum atomic E-state index is 0.138. The highest BCUT2D eigenvalue weighted by atomic mass is 16.2. The van der Waals surface area contributed by atoms with E-state index in [0.717, 1.165) is 37.9 Å². The molecule has 2 aliphatic rings. The van der Waals surface area contributed by atoms with Crippen LogP contribution >= 0.6 is 0 Å². The molecule has 0 saturated carbocycles. The van der Waals surface area contributed by atoms with Crippen molar-refractivity contribution < 1.29 is 9.59 Å². The van der Waals surface area contributed by atoms with Gasteiger partial charge in [-0.15, -0.1) is 0 Å². The molecule has 2 fully saturated rings. The van der Waals surface area contributed by atoms with Crippen molar-refractivity contribution in [2.24, 2.45) is 5.92 Å². The summed E-state index contributed by atoms with van der Waals surface area (Å²) in [4.78, 5) is 29.2. The number of aryl methyl sites for hydroxylation is 1. The smallest absolute Gasteiger partial charge is 0.222 e. The molecular formula is C19H23N3O2. The molecule has 2 aromatic rings. The number of hydrogen-bond donors (Lipinski definition) is 2. The third-order valence-electron chi connectivity index (χ3n) is 5.39. The van der Waals surface area contributed by atoms with Crippen LogP contribution in [0.5, 0.6) is 0 Å². The Morgan fingerprint density at radius 3 is 3.08 bits per heavy atom. The number of fused-ring (bicyclic) bond motifs is 2. The first-order chi connectivity index (χ1) is 11.7. The Labute approximate surface area is 141 Å². The highest BCUT2D eigenvalue weighted by Crippen LogP contribution is 2.26. The lowest BCUT2D eigenvalue weighted by Gasteiger charge is -2.34. The van der Waals surface area contributed by atoms with Gasteiger partial charge >= 0.3 is 0 Å². The van der Waals surface area contributed by atoms with Gasteiger partial charge in [-0.05, 0) is 30.9 Å². The lowest BCUT2D eigenvalue weighted by Crippen LogP contribution is -2.47. The highest BCUT2D eigenvalue weighted by molar-refractivity contribution is 5.83. The zero-order chi connectivity index (χ0) is 16.5. The van der Waals surface area contributed by atoms with E-state index < -0.39 is 0 Å². The van der Waals surface area contributed by atoms with E-state index in [1.165, 1.54) is 10.9 Å². The third-order valence-corrected chi connectivity index (χ3v) is 5.39. The molecule has 2 N–H and O–H groups in total. The largest absolute Gasteiger partial charge is 0.361 e. The van der Waals surface area contributed by atoms with Crippen molar-refractivity contribution in [3.05, 3.63) is 36.0 Å². The number of hydrogen-bond acceptors (Lipinski definition) is 2. The molecule has 2 atom stereocenters.